The Morgan fingerprint density at radius 1 is 1.35 bits per heavy atom. The topological polar surface area (TPSA) is 39.4 Å². The fourth-order valence-electron chi connectivity index (χ4n) is 1.59. The van der Waals surface area contributed by atoms with E-state index in [0.29, 0.717) is 29.0 Å². The molecule has 0 radical (unpaired) electrons. The minimum absolute atomic E-state index is 0.391. The van der Waals surface area contributed by atoms with E-state index in [4.69, 9.17) is 28.5 Å². The van der Waals surface area contributed by atoms with Crippen LogP contribution < -0.4 is 0 Å². The van der Waals surface area contributed by atoms with Gasteiger partial charge in [-0.1, -0.05) is 29.8 Å². The molecule has 0 amide bonds. The van der Waals surface area contributed by atoms with Gasteiger partial charge in [0.05, 0.1) is 23.2 Å². The number of nitrogens with zero attached hydrogens (tertiary/aromatic N) is 3. The monoisotopic (exact) mass is 265 g/mol. The second kappa shape index (κ2) is 5.22. The highest BCUT2D eigenvalue weighted by molar-refractivity contribution is 6.64. The van der Waals surface area contributed by atoms with E-state index in [2.05, 4.69) is 11.1 Å². The van der Waals surface area contributed by atoms with E-state index >= 15 is 0 Å². The summed E-state index contributed by atoms with van der Waals surface area (Å²) in [4.78, 5) is 5.79. The van der Waals surface area contributed by atoms with Crippen molar-refractivity contribution in [3.63, 3.8) is 0 Å². The summed E-state index contributed by atoms with van der Waals surface area (Å²) in [5.74, 6) is 0. The molecule has 1 heterocycles. The Labute approximate surface area is 110 Å². The van der Waals surface area contributed by atoms with Crippen LogP contribution in [0.25, 0.3) is 0 Å². The van der Waals surface area contributed by atoms with Gasteiger partial charge in [0, 0.05) is 12.7 Å². The van der Waals surface area contributed by atoms with Gasteiger partial charge in [0.25, 0.3) is 0 Å². The maximum Gasteiger partial charge on any atom is 0.199 e. The molecule has 86 valence electrons. The highest BCUT2D eigenvalue weighted by Crippen LogP contribution is 2.18. The number of rotatable bonds is 2. The predicted molar refractivity (Wildman–Crippen MR) is 68.8 cm³/mol. The van der Waals surface area contributed by atoms with Crippen molar-refractivity contribution >= 4 is 28.5 Å². The molecule has 5 heteroatoms. The SMILES string of the molecule is N#Cc1ccccc1CN1CC(Cl)=CN=C1Cl. The molecule has 0 atom stereocenters. The first-order valence-corrected chi connectivity index (χ1v) is 5.77. The van der Waals surface area contributed by atoms with Crippen molar-refractivity contribution in [1.29, 1.82) is 5.26 Å². The van der Waals surface area contributed by atoms with Crippen LogP contribution in [0, 0.1) is 11.3 Å². The molecule has 1 aromatic carbocycles. The van der Waals surface area contributed by atoms with Crippen molar-refractivity contribution in [3.05, 3.63) is 46.6 Å². The van der Waals surface area contributed by atoms with Crippen molar-refractivity contribution in [2.45, 2.75) is 6.54 Å². The molecule has 0 spiro atoms. The number of hydrogen-bond donors (Lipinski definition) is 0. The van der Waals surface area contributed by atoms with Gasteiger partial charge in [0.15, 0.2) is 5.29 Å². The van der Waals surface area contributed by atoms with Crippen molar-refractivity contribution in [2.75, 3.05) is 6.54 Å². The summed E-state index contributed by atoms with van der Waals surface area (Å²) in [5.41, 5.74) is 1.55. The van der Waals surface area contributed by atoms with Gasteiger partial charge in [-0.25, -0.2) is 4.99 Å². The van der Waals surface area contributed by atoms with Gasteiger partial charge in [0.2, 0.25) is 0 Å². The molecule has 1 aliphatic heterocycles. The minimum Gasteiger partial charge on any atom is -0.337 e. The van der Waals surface area contributed by atoms with E-state index in [9.17, 15) is 0 Å². The third-order valence-corrected chi connectivity index (χ3v) is 2.97. The number of hydrogen-bond acceptors (Lipinski definition) is 3. The standard InChI is InChI=1S/C12H9Cl2N3/c13-11-6-16-12(14)17(8-11)7-10-4-2-1-3-9(10)5-15/h1-4,6H,7-8H2. The Morgan fingerprint density at radius 2 is 2.12 bits per heavy atom. The first kappa shape index (κ1) is 12.0. The van der Waals surface area contributed by atoms with Crippen molar-refractivity contribution < 1.29 is 0 Å². The molecule has 17 heavy (non-hydrogen) atoms. The maximum atomic E-state index is 9.00. The Hall–Kier alpha value is -1.50. The third kappa shape index (κ3) is 2.79. The highest BCUT2D eigenvalue weighted by atomic mass is 35.5. The summed E-state index contributed by atoms with van der Waals surface area (Å²) in [6.45, 7) is 1.04. The Balaban J connectivity index is 2.20. The summed E-state index contributed by atoms with van der Waals surface area (Å²) >= 11 is 11.9. The molecule has 0 saturated heterocycles. The normalized spacial score (nSPS) is 15.0. The summed E-state index contributed by atoms with van der Waals surface area (Å²) in [6, 6.07) is 9.56. The lowest BCUT2D eigenvalue weighted by molar-refractivity contribution is 0.455. The Bertz CT molecular complexity index is 529. The second-order valence-corrected chi connectivity index (χ2v) is 4.42. The molecule has 0 aliphatic carbocycles. The molecule has 1 aromatic rings. The van der Waals surface area contributed by atoms with Crippen LogP contribution in [0.2, 0.25) is 0 Å². The van der Waals surface area contributed by atoms with Gasteiger partial charge in [0.1, 0.15) is 0 Å². The van der Waals surface area contributed by atoms with Crippen LogP contribution in [-0.2, 0) is 6.54 Å². The molecule has 3 nitrogen and oxygen atoms in total. The molecule has 0 bridgehead atoms. The number of benzene rings is 1. The first-order valence-electron chi connectivity index (χ1n) is 5.01. The maximum absolute atomic E-state index is 9.00. The average Bonchev–Trinajstić information content (AvgIpc) is 2.34. The van der Waals surface area contributed by atoms with Crippen LogP contribution in [0.1, 0.15) is 11.1 Å². The first-order chi connectivity index (χ1) is 8.20. The fourth-order valence-corrected chi connectivity index (χ4v) is 1.95. The van der Waals surface area contributed by atoms with Crippen LogP contribution in [0.3, 0.4) is 0 Å². The number of amidine groups is 1. The lowest BCUT2D eigenvalue weighted by Crippen LogP contribution is -2.30. The highest BCUT2D eigenvalue weighted by Gasteiger charge is 2.15. The van der Waals surface area contributed by atoms with Crippen molar-refractivity contribution in [2.24, 2.45) is 4.99 Å². The minimum atomic E-state index is 0.391. The van der Waals surface area contributed by atoms with Gasteiger partial charge in [-0.05, 0) is 23.2 Å². The van der Waals surface area contributed by atoms with Gasteiger partial charge < -0.3 is 4.90 Å². The van der Waals surface area contributed by atoms with Gasteiger partial charge >= 0.3 is 0 Å². The molecular weight excluding hydrogens is 257 g/mol. The zero-order valence-electron chi connectivity index (χ0n) is 8.90. The molecule has 1 aliphatic rings. The van der Waals surface area contributed by atoms with Crippen LogP contribution >= 0.6 is 23.2 Å². The molecule has 0 aromatic heterocycles. The van der Waals surface area contributed by atoms with E-state index in [-0.39, 0.29) is 0 Å². The van der Waals surface area contributed by atoms with Crippen LogP contribution in [0.15, 0.2) is 40.5 Å². The molecule has 0 N–H and O–H groups in total. The molecule has 0 saturated carbocycles. The van der Waals surface area contributed by atoms with Crippen molar-refractivity contribution in [3.8, 4) is 6.07 Å². The number of halogens is 2. The number of nitriles is 1. The smallest absolute Gasteiger partial charge is 0.199 e. The lowest BCUT2D eigenvalue weighted by Gasteiger charge is -2.24. The molecular formula is C12H9Cl2N3. The molecule has 2 rings (SSSR count). The van der Waals surface area contributed by atoms with Crippen LogP contribution in [-0.4, -0.2) is 16.7 Å². The zero-order chi connectivity index (χ0) is 12.3. The zero-order valence-corrected chi connectivity index (χ0v) is 10.4. The quantitative estimate of drug-likeness (QED) is 0.772. The summed E-state index contributed by atoms with van der Waals surface area (Å²) in [5, 5.41) is 10.0. The van der Waals surface area contributed by atoms with E-state index in [0.717, 1.165) is 5.56 Å². The fraction of sp³-hybridized carbons (Fsp3) is 0.167. The predicted octanol–water partition coefficient (Wildman–Crippen LogP) is 3.05. The Morgan fingerprint density at radius 3 is 2.88 bits per heavy atom. The van der Waals surface area contributed by atoms with E-state index < -0.39 is 0 Å². The van der Waals surface area contributed by atoms with Crippen molar-refractivity contribution in [1.82, 2.24) is 4.90 Å². The van der Waals surface area contributed by atoms with Gasteiger partial charge in [-0.3, -0.25) is 0 Å². The average molecular weight is 266 g/mol. The lowest BCUT2D eigenvalue weighted by atomic mass is 10.1. The summed E-state index contributed by atoms with van der Waals surface area (Å²) in [6.07, 6.45) is 1.54. The van der Waals surface area contributed by atoms with Gasteiger partial charge in [-0.15, -0.1) is 0 Å². The second-order valence-electron chi connectivity index (χ2n) is 3.60. The third-order valence-electron chi connectivity index (χ3n) is 2.41. The largest absolute Gasteiger partial charge is 0.337 e. The van der Waals surface area contributed by atoms with Crippen LogP contribution in [0.5, 0.6) is 0 Å². The van der Waals surface area contributed by atoms with E-state index in [1.165, 1.54) is 6.20 Å². The van der Waals surface area contributed by atoms with Gasteiger partial charge in [-0.2, -0.15) is 5.26 Å². The summed E-state index contributed by atoms with van der Waals surface area (Å²) in [7, 11) is 0. The van der Waals surface area contributed by atoms with Crippen LogP contribution in [0.4, 0.5) is 0 Å². The Kier molecular flexibility index (Phi) is 3.68. The number of aliphatic imine (C=N–C) groups is 1. The molecule has 0 fully saturated rings. The summed E-state index contributed by atoms with van der Waals surface area (Å²) < 4.78 is 0. The molecule has 0 unspecified atom stereocenters. The van der Waals surface area contributed by atoms with E-state index in [1.807, 2.05) is 23.1 Å². The van der Waals surface area contributed by atoms with E-state index in [1.54, 1.807) is 6.07 Å².